The first kappa shape index (κ1) is 16.8. The predicted octanol–water partition coefficient (Wildman–Crippen LogP) is 1.85. The standard InChI is InChI=1S/C18H30N6O/c1-12(2)16(17-22-21-15-4-3-9-24(15)17)20-18(25)19-13-7-10-23(11-8-13)14-5-6-14/h12-14,16H,3-11H2,1-2H3,(H2,19,20,25). The molecule has 0 bridgehead atoms. The number of carbonyl (C=O) groups is 1. The third-order valence-corrected chi connectivity index (χ3v) is 5.80. The van der Waals surface area contributed by atoms with E-state index in [-0.39, 0.29) is 24.0 Å². The van der Waals surface area contributed by atoms with Crippen LogP contribution in [0.25, 0.3) is 0 Å². The Bertz CT molecular complexity index is 615. The number of urea groups is 1. The van der Waals surface area contributed by atoms with Gasteiger partial charge >= 0.3 is 6.03 Å². The van der Waals surface area contributed by atoms with Gasteiger partial charge in [0.25, 0.3) is 0 Å². The molecule has 3 aliphatic rings. The third kappa shape index (κ3) is 3.66. The van der Waals surface area contributed by atoms with Gasteiger partial charge in [-0.3, -0.25) is 0 Å². The van der Waals surface area contributed by atoms with Crippen molar-refractivity contribution in [1.29, 1.82) is 0 Å². The van der Waals surface area contributed by atoms with Crippen LogP contribution in [-0.4, -0.2) is 50.9 Å². The maximum Gasteiger partial charge on any atom is 0.315 e. The van der Waals surface area contributed by atoms with Crippen LogP contribution in [0.4, 0.5) is 4.79 Å². The first-order chi connectivity index (χ1) is 12.1. The van der Waals surface area contributed by atoms with Crippen LogP contribution in [-0.2, 0) is 13.0 Å². The molecule has 7 nitrogen and oxygen atoms in total. The summed E-state index contributed by atoms with van der Waals surface area (Å²) in [6.45, 7) is 7.43. The highest BCUT2D eigenvalue weighted by molar-refractivity contribution is 5.74. The van der Waals surface area contributed by atoms with Gasteiger partial charge in [0.2, 0.25) is 0 Å². The van der Waals surface area contributed by atoms with E-state index in [0.29, 0.717) is 0 Å². The van der Waals surface area contributed by atoms with Crippen molar-refractivity contribution in [3.8, 4) is 0 Å². The van der Waals surface area contributed by atoms with Gasteiger partial charge in [0.15, 0.2) is 5.82 Å². The van der Waals surface area contributed by atoms with E-state index in [1.54, 1.807) is 0 Å². The summed E-state index contributed by atoms with van der Waals surface area (Å²) in [5, 5.41) is 15.0. The second-order valence-electron chi connectivity index (χ2n) is 8.11. The number of hydrogen-bond donors (Lipinski definition) is 2. The molecule has 2 aliphatic heterocycles. The first-order valence-electron chi connectivity index (χ1n) is 9.85. The molecule has 1 saturated carbocycles. The smallest absolute Gasteiger partial charge is 0.315 e. The monoisotopic (exact) mass is 346 g/mol. The lowest BCUT2D eigenvalue weighted by Crippen LogP contribution is -2.49. The van der Waals surface area contributed by atoms with E-state index in [1.165, 1.54) is 12.8 Å². The average molecular weight is 346 g/mol. The lowest BCUT2D eigenvalue weighted by molar-refractivity contribution is 0.183. The fourth-order valence-corrected chi connectivity index (χ4v) is 4.15. The molecule has 1 atom stereocenters. The van der Waals surface area contributed by atoms with Crippen LogP contribution in [0.15, 0.2) is 0 Å². The number of fused-ring (bicyclic) bond motifs is 1. The number of amides is 2. The van der Waals surface area contributed by atoms with Gasteiger partial charge in [0.05, 0.1) is 6.04 Å². The van der Waals surface area contributed by atoms with Crippen molar-refractivity contribution in [2.24, 2.45) is 5.92 Å². The Hall–Kier alpha value is -1.63. The Balaban J connectivity index is 1.33. The molecule has 2 N–H and O–H groups in total. The summed E-state index contributed by atoms with van der Waals surface area (Å²) in [5.74, 6) is 2.23. The molecular weight excluding hydrogens is 316 g/mol. The number of piperidine rings is 1. The highest BCUT2D eigenvalue weighted by atomic mass is 16.2. The summed E-state index contributed by atoms with van der Waals surface area (Å²) in [5.41, 5.74) is 0. The van der Waals surface area contributed by atoms with Gasteiger partial charge < -0.3 is 20.1 Å². The molecule has 25 heavy (non-hydrogen) atoms. The Kier molecular flexibility index (Phi) is 4.67. The molecule has 138 valence electrons. The molecule has 1 saturated heterocycles. The van der Waals surface area contributed by atoms with E-state index in [1.807, 2.05) is 0 Å². The molecule has 1 aromatic rings. The highest BCUT2D eigenvalue weighted by Gasteiger charge is 2.33. The van der Waals surface area contributed by atoms with Crippen LogP contribution >= 0.6 is 0 Å². The molecule has 2 amide bonds. The molecule has 1 unspecified atom stereocenters. The molecule has 0 aromatic carbocycles. The van der Waals surface area contributed by atoms with Crippen molar-refractivity contribution in [3.63, 3.8) is 0 Å². The minimum Gasteiger partial charge on any atom is -0.335 e. The fourth-order valence-electron chi connectivity index (χ4n) is 4.15. The van der Waals surface area contributed by atoms with Gasteiger partial charge in [-0.2, -0.15) is 0 Å². The van der Waals surface area contributed by atoms with Crippen LogP contribution in [0.5, 0.6) is 0 Å². The molecule has 0 radical (unpaired) electrons. The zero-order valence-electron chi connectivity index (χ0n) is 15.4. The maximum atomic E-state index is 12.6. The van der Waals surface area contributed by atoms with Gasteiger partial charge in [0, 0.05) is 38.1 Å². The number of nitrogens with one attached hydrogen (secondary N) is 2. The van der Waals surface area contributed by atoms with Crippen LogP contribution in [0.3, 0.4) is 0 Å². The molecular formula is C18H30N6O. The zero-order valence-corrected chi connectivity index (χ0v) is 15.4. The van der Waals surface area contributed by atoms with E-state index in [2.05, 4.69) is 44.1 Å². The number of likely N-dealkylation sites (tertiary alicyclic amines) is 1. The average Bonchev–Trinajstić information content (AvgIpc) is 3.20. The molecule has 7 heteroatoms. The predicted molar refractivity (Wildman–Crippen MR) is 95.2 cm³/mol. The van der Waals surface area contributed by atoms with Gasteiger partial charge in [0.1, 0.15) is 5.82 Å². The topological polar surface area (TPSA) is 75.1 Å². The van der Waals surface area contributed by atoms with E-state index >= 15 is 0 Å². The minimum atomic E-state index is -0.0918. The number of hydrogen-bond acceptors (Lipinski definition) is 4. The van der Waals surface area contributed by atoms with Crippen LogP contribution in [0.2, 0.25) is 0 Å². The van der Waals surface area contributed by atoms with Crippen molar-refractivity contribution in [3.05, 3.63) is 11.6 Å². The molecule has 2 fully saturated rings. The normalized spacial score (nSPS) is 22.8. The Morgan fingerprint density at radius 2 is 1.88 bits per heavy atom. The fraction of sp³-hybridized carbons (Fsp3) is 0.833. The van der Waals surface area contributed by atoms with Crippen molar-refractivity contribution in [2.75, 3.05) is 13.1 Å². The van der Waals surface area contributed by atoms with Crippen molar-refractivity contribution >= 4 is 6.03 Å². The minimum absolute atomic E-state index is 0.0704. The molecule has 4 rings (SSSR count). The molecule has 3 heterocycles. The van der Waals surface area contributed by atoms with Crippen LogP contribution in [0, 0.1) is 5.92 Å². The second kappa shape index (κ2) is 6.94. The number of nitrogens with zero attached hydrogens (tertiary/aromatic N) is 4. The second-order valence-corrected chi connectivity index (χ2v) is 8.11. The van der Waals surface area contributed by atoms with Gasteiger partial charge in [-0.15, -0.1) is 10.2 Å². The highest BCUT2D eigenvalue weighted by Crippen LogP contribution is 2.29. The summed E-state index contributed by atoms with van der Waals surface area (Å²) in [7, 11) is 0. The summed E-state index contributed by atoms with van der Waals surface area (Å²) in [4.78, 5) is 15.1. The largest absolute Gasteiger partial charge is 0.335 e. The van der Waals surface area contributed by atoms with E-state index < -0.39 is 0 Å². The van der Waals surface area contributed by atoms with Crippen molar-refractivity contribution in [2.45, 2.75) is 77.0 Å². The summed E-state index contributed by atoms with van der Waals surface area (Å²) >= 11 is 0. The first-order valence-corrected chi connectivity index (χ1v) is 9.85. The number of aryl methyl sites for hydroxylation is 1. The van der Waals surface area contributed by atoms with E-state index in [9.17, 15) is 4.79 Å². The number of aromatic nitrogens is 3. The van der Waals surface area contributed by atoms with Crippen LogP contribution in [0.1, 0.15) is 63.6 Å². The lowest BCUT2D eigenvalue weighted by Gasteiger charge is -2.33. The van der Waals surface area contributed by atoms with Gasteiger partial charge in [-0.25, -0.2) is 4.79 Å². The van der Waals surface area contributed by atoms with Crippen LogP contribution < -0.4 is 10.6 Å². The molecule has 0 spiro atoms. The summed E-state index contributed by atoms with van der Waals surface area (Å²) in [6, 6.07) is 0.951. The van der Waals surface area contributed by atoms with Crippen molar-refractivity contribution in [1.82, 2.24) is 30.3 Å². The number of rotatable bonds is 5. The maximum absolute atomic E-state index is 12.6. The van der Waals surface area contributed by atoms with Crippen molar-refractivity contribution < 1.29 is 4.79 Å². The summed E-state index contributed by atoms with van der Waals surface area (Å²) < 4.78 is 2.18. The van der Waals surface area contributed by atoms with E-state index in [4.69, 9.17) is 0 Å². The quantitative estimate of drug-likeness (QED) is 0.853. The molecule has 1 aliphatic carbocycles. The Morgan fingerprint density at radius 3 is 2.56 bits per heavy atom. The van der Waals surface area contributed by atoms with Gasteiger partial charge in [-0.05, 0) is 38.0 Å². The molecule has 1 aromatic heterocycles. The zero-order chi connectivity index (χ0) is 17.4. The SMILES string of the molecule is CC(C)C(NC(=O)NC1CCN(C2CC2)CC1)c1nnc2n1CCC2. The third-order valence-electron chi connectivity index (χ3n) is 5.80. The Labute approximate surface area is 149 Å². The number of carbonyl (C=O) groups excluding carboxylic acids is 1. The Morgan fingerprint density at radius 1 is 1.12 bits per heavy atom. The summed E-state index contributed by atoms with van der Waals surface area (Å²) in [6.07, 6.45) is 6.93. The lowest BCUT2D eigenvalue weighted by atomic mass is 10.0. The van der Waals surface area contributed by atoms with Gasteiger partial charge in [-0.1, -0.05) is 13.8 Å². The van der Waals surface area contributed by atoms with E-state index in [0.717, 1.165) is 63.0 Å².